The second kappa shape index (κ2) is 6.54. The van der Waals surface area contributed by atoms with Gasteiger partial charge in [0.05, 0.1) is 6.54 Å². The average molecular weight is 346 g/mol. The van der Waals surface area contributed by atoms with Crippen molar-refractivity contribution in [3.05, 3.63) is 47.0 Å². The van der Waals surface area contributed by atoms with Gasteiger partial charge in [0, 0.05) is 30.4 Å². The lowest BCUT2D eigenvalue weighted by atomic mass is 10.1. The third-order valence-electron chi connectivity index (χ3n) is 5.10. The summed E-state index contributed by atoms with van der Waals surface area (Å²) in [5.41, 5.74) is 0.0268. The van der Waals surface area contributed by atoms with Crippen LogP contribution in [0, 0.1) is 17.6 Å². The number of nitrogens with one attached hydrogen (secondary N) is 1. The molecule has 1 aromatic heterocycles. The molecule has 0 spiro atoms. The topological polar surface area (TPSA) is 59.8 Å². The number of carbonyl (C=O) groups is 1. The summed E-state index contributed by atoms with van der Waals surface area (Å²) in [6.07, 6.45) is 4.76. The Morgan fingerprint density at radius 1 is 1.20 bits per heavy atom. The molecule has 132 valence electrons. The fraction of sp³-hybridized carbons (Fsp3) is 0.500. The van der Waals surface area contributed by atoms with Gasteiger partial charge in [0.2, 0.25) is 5.91 Å². The van der Waals surface area contributed by atoms with E-state index in [4.69, 9.17) is 0 Å². The maximum atomic E-state index is 13.8. The van der Waals surface area contributed by atoms with E-state index in [0.717, 1.165) is 37.5 Å². The Balaban J connectivity index is 1.39. The van der Waals surface area contributed by atoms with E-state index in [1.807, 2.05) is 0 Å². The number of benzene rings is 1. The van der Waals surface area contributed by atoms with Gasteiger partial charge in [-0.3, -0.25) is 4.79 Å². The molecule has 2 aliphatic rings. The molecule has 0 radical (unpaired) electrons. The molecule has 2 heterocycles. The van der Waals surface area contributed by atoms with Crippen LogP contribution in [-0.4, -0.2) is 20.7 Å². The molecule has 2 aromatic rings. The summed E-state index contributed by atoms with van der Waals surface area (Å²) >= 11 is 0. The molecule has 1 aliphatic heterocycles. The highest BCUT2D eigenvalue weighted by atomic mass is 19.1. The minimum atomic E-state index is -0.580. The first-order valence-corrected chi connectivity index (χ1v) is 8.77. The van der Waals surface area contributed by atoms with Crippen LogP contribution in [0.15, 0.2) is 18.2 Å². The van der Waals surface area contributed by atoms with Gasteiger partial charge in [0.25, 0.3) is 0 Å². The number of rotatable bonds is 4. The Kier molecular flexibility index (Phi) is 4.23. The van der Waals surface area contributed by atoms with Crippen molar-refractivity contribution in [2.45, 2.75) is 51.1 Å². The van der Waals surface area contributed by atoms with E-state index in [-0.39, 0.29) is 23.3 Å². The van der Waals surface area contributed by atoms with Crippen LogP contribution in [0.25, 0.3) is 0 Å². The van der Waals surface area contributed by atoms with Gasteiger partial charge in [-0.1, -0.05) is 12.5 Å². The maximum absolute atomic E-state index is 13.8. The molecule has 2 atom stereocenters. The van der Waals surface area contributed by atoms with E-state index in [1.54, 1.807) is 0 Å². The smallest absolute Gasteiger partial charge is 0.224 e. The molecule has 1 fully saturated rings. The number of aryl methyl sites for hydroxylation is 1. The molecule has 4 rings (SSSR count). The minimum Gasteiger partial charge on any atom is -0.349 e. The van der Waals surface area contributed by atoms with E-state index >= 15 is 0 Å². The summed E-state index contributed by atoms with van der Waals surface area (Å²) in [5.74, 6) is -0.376. The summed E-state index contributed by atoms with van der Waals surface area (Å²) in [5, 5.41) is 11.2. The van der Waals surface area contributed by atoms with Gasteiger partial charge in [-0.15, -0.1) is 10.2 Å². The molecule has 7 heteroatoms. The van der Waals surface area contributed by atoms with Gasteiger partial charge in [-0.25, -0.2) is 8.78 Å². The van der Waals surface area contributed by atoms with Crippen LogP contribution in [0.4, 0.5) is 8.78 Å². The highest BCUT2D eigenvalue weighted by molar-refractivity contribution is 5.82. The van der Waals surface area contributed by atoms with Crippen LogP contribution in [0.5, 0.6) is 0 Å². The number of halogens is 2. The summed E-state index contributed by atoms with van der Waals surface area (Å²) in [7, 11) is 0. The minimum absolute atomic E-state index is 0.0268. The Labute approximate surface area is 144 Å². The lowest BCUT2D eigenvalue weighted by molar-refractivity contribution is -0.122. The second-order valence-electron chi connectivity index (χ2n) is 6.80. The van der Waals surface area contributed by atoms with Crippen molar-refractivity contribution >= 4 is 5.91 Å². The van der Waals surface area contributed by atoms with Gasteiger partial charge in [-0.05, 0) is 31.4 Å². The van der Waals surface area contributed by atoms with Crippen LogP contribution in [0.1, 0.15) is 48.8 Å². The van der Waals surface area contributed by atoms with Gasteiger partial charge in [0.15, 0.2) is 5.82 Å². The van der Waals surface area contributed by atoms with Crippen molar-refractivity contribution in [1.29, 1.82) is 0 Å². The van der Waals surface area contributed by atoms with Gasteiger partial charge >= 0.3 is 0 Å². The van der Waals surface area contributed by atoms with Crippen molar-refractivity contribution in [3.63, 3.8) is 0 Å². The fourth-order valence-corrected chi connectivity index (χ4v) is 3.64. The van der Waals surface area contributed by atoms with Crippen LogP contribution in [-0.2, 0) is 24.3 Å². The predicted molar refractivity (Wildman–Crippen MR) is 86.6 cm³/mol. The molecule has 1 aromatic carbocycles. The Morgan fingerprint density at radius 2 is 2.00 bits per heavy atom. The van der Waals surface area contributed by atoms with Crippen LogP contribution >= 0.6 is 0 Å². The lowest BCUT2D eigenvalue weighted by Crippen LogP contribution is -2.27. The molecule has 0 bridgehead atoms. The van der Waals surface area contributed by atoms with Crippen LogP contribution < -0.4 is 5.32 Å². The molecule has 25 heavy (non-hydrogen) atoms. The summed E-state index contributed by atoms with van der Waals surface area (Å²) < 4.78 is 29.7. The third kappa shape index (κ3) is 3.15. The molecule has 1 N–H and O–H groups in total. The Hall–Kier alpha value is -2.31. The van der Waals surface area contributed by atoms with E-state index < -0.39 is 11.6 Å². The number of fused-ring (bicyclic) bond motifs is 1. The first kappa shape index (κ1) is 16.2. The lowest BCUT2D eigenvalue weighted by Gasteiger charge is -2.08. The third-order valence-corrected chi connectivity index (χ3v) is 5.10. The number of nitrogens with zero attached hydrogens (tertiary/aromatic N) is 3. The molecule has 1 aliphatic carbocycles. The largest absolute Gasteiger partial charge is 0.349 e. The molecular formula is C18H20F2N4O. The Bertz CT molecular complexity index is 784. The summed E-state index contributed by atoms with van der Waals surface area (Å²) in [4.78, 5) is 12.3. The maximum Gasteiger partial charge on any atom is 0.224 e. The van der Waals surface area contributed by atoms with Crippen molar-refractivity contribution < 1.29 is 13.6 Å². The summed E-state index contributed by atoms with van der Waals surface area (Å²) in [6, 6.07) is 3.80. The Morgan fingerprint density at radius 3 is 2.80 bits per heavy atom. The molecule has 0 saturated heterocycles. The predicted octanol–water partition coefficient (Wildman–Crippen LogP) is 2.70. The number of amides is 1. The van der Waals surface area contributed by atoms with Gasteiger partial charge in [0.1, 0.15) is 17.5 Å². The monoisotopic (exact) mass is 346 g/mol. The fourth-order valence-electron chi connectivity index (χ4n) is 3.64. The number of hydrogen-bond acceptors (Lipinski definition) is 3. The number of aromatic nitrogens is 3. The van der Waals surface area contributed by atoms with Crippen molar-refractivity contribution in [2.75, 3.05) is 0 Å². The zero-order valence-corrected chi connectivity index (χ0v) is 13.8. The standard InChI is InChI=1S/C18H20F2N4O/c19-13-5-4-6-14(20)17(13)11-9-12(11)18(25)21-10-16-23-22-15-7-2-1-3-8-24(15)16/h4-6,11-12H,1-3,7-10H2,(H,21,25)/t11-,12-/m1/s1. The highest BCUT2D eigenvalue weighted by Crippen LogP contribution is 2.49. The van der Waals surface area contributed by atoms with Crippen molar-refractivity contribution in [2.24, 2.45) is 5.92 Å². The van der Waals surface area contributed by atoms with Gasteiger partial charge in [-0.2, -0.15) is 0 Å². The molecule has 1 amide bonds. The van der Waals surface area contributed by atoms with Crippen molar-refractivity contribution in [1.82, 2.24) is 20.1 Å². The van der Waals surface area contributed by atoms with E-state index in [2.05, 4.69) is 20.1 Å². The molecule has 0 unspecified atom stereocenters. The average Bonchev–Trinajstić information content (AvgIpc) is 3.33. The molecule has 1 saturated carbocycles. The van der Waals surface area contributed by atoms with E-state index in [0.29, 0.717) is 13.0 Å². The van der Waals surface area contributed by atoms with E-state index in [1.165, 1.54) is 24.6 Å². The molecular weight excluding hydrogens is 326 g/mol. The first-order chi connectivity index (χ1) is 12.1. The summed E-state index contributed by atoms with van der Waals surface area (Å²) in [6.45, 7) is 1.18. The molecule has 5 nitrogen and oxygen atoms in total. The number of carbonyl (C=O) groups excluding carboxylic acids is 1. The first-order valence-electron chi connectivity index (χ1n) is 8.77. The normalized spacial score (nSPS) is 22.2. The van der Waals surface area contributed by atoms with Crippen molar-refractivity contribution in [3.8, 4) is 0 Å². The highest BCUT2D eigenvalue weighted by Gasteiger charge is 2.46. The quantitative estimate of drug-likeness (QED) is 0.926. The van der Waals surface area contributed by atoms with Gasteiger partial charge < -0.3 is 9.88 Å². The SMILES string of the molecule is O=C(NCc1nnc2n1CCCCC2)[C@@H]1C[C@H]1c1c(F)cccc1F. The van der Waals surface area contributed by atoms with E-state index in [9.17, 15) is 13.6 Å². The second-order valence-corrected chi connectivity index (χ2v) is 6.80. The zero-order valence-electron chi connectivity index (χ0n) is 13.8. The van der Waals surface area contributed by atoms with Crippen LogP contribution in [0.2, 0.25) is 0 Å². The zero-order chi connectivity index (χ0) is 17.4. The number of hydrogen-bond donors (Lipinski definition) is 1. The van der Waals surface area contributed by atoms with Crippen LogP contribution in [0.3, 0.4) is 0 Å².